The topological polar surface area (TPSA) is 142 Å². The number of pyridine rings is 1. The van der Waals surface area contributed by atoms with Crippen molar-refractivity contribution in [1.29, 1.82) is 0 Å². The van der Waals surface area contributed by atoms with Gasteiger partial charge in [-0.15, -0.1) is 0 Å². The predicted octanol–water partition coefficient (Wildman–Crippen LogP) is 4.01. The molecule has 0 aliphatic carbocycles. The van der Waals surface area contributed by atoms with Crippen LogP contribution in [0.25, 0.3) is 16.6 Å². The zero-order chi connectivity index (χ0) is 29.9. The molecule has 11 heteroatoms. The number of hydrogen-bond acceptors (Lipinski definition) is 8. The summed E-state index contributed by atoms with van der Waals surface area (Å²) in [7, 11) is 0. The molecule has 0 bridgehead atoms. The summed E-state index contributed by atoms with van der Waals surface area (Å²) in [6, 6.07) is 9.62. The molecule has 1 atom stereocenters. The van der Waals surface area contributed by atoms with Gasteiger partial charge >= 0.3 is 0 Å². The molecule has 2 aliphatic rings. The molecule has 0 spiro atoms. The zero-order valence-corrected chi connectivity index (χ0v) is 24.6. The molecule has 224 valence electrons. The van der Waals surface area contributed by atoms with Crippen molar-refractivity contribution in [2.24, 2.45) is 10.7 Å². The first-order valence-corrected chi connectivity index (χ1v) is 14.9. The van der Waals surface area contributed by atoms with Gasteiger partial charge in [0.15, 0.2) is 0 Å². The van der Waals surface area contributed by atoms with Gasteiger partial charge in [-0.2, -0.15) is 5.10 Å². The van der Waals surface area contributed by atoms with Gasteiger partial charge in [0.25, 0.3) is 0 Å². The standard InChI is InChI=1S/C32H38N8O3/c1-3-21-14-25(42)4-5-28(21)38-32(33)27-17-35-40-18-22(15-30(40)31(27)37-24-9-13-43-19-24)26-16-34-10-6-29(26)39-11-7-23(8-12-39)36-20(2)41/h4-6,10,14-18,23-24,37,42H,3,7-9,11-13,19H2,1-2H3,(H2,33,38)(H,36,41). The zero-order valence-electron chi connectivity index (χ0n) is 24.6. The first kappa shape index (κ1) is 28.5. The fourth-order valence-electron chi connectivity index (χ4n) is 5.99. The number of fused-ring (bicyclic) bond motifs is 1. The van der Waals surface area contributed by atoms with E-state index < -0.39 is 0 Å². The van der Waals surface area contributed by atoms with Crippen LogP contribution in [-0.2, 0) is 16.0 Å². The SMILES string of the molecule is CCc1cc(O)ccc1/N=C(\N)c1cnn2cc(-c3cnccc3N3CCC(NC(C)=O)CC3)cc2c1NC1CCOC1. The molecule has 2 saturated heterocycles. The van der Waals surface area contributed by atoms with Crippen molar-refractivity contribution >= 4 is 34.3 Å². The average Bonchev–Trinajstić information content (AvgIpc) is 3.69. The fraction of sp³-hybridized carbons (Fsp3) is 0.375. The van der Waals surface area contributed by atoms with Crippen LogP contribution in [0.3, 0.4) is 0 Å². The molecule has 2 fully saturated rings. The van der Waals surface area contributed by atoms with E-state index >= 15 is 0 Å². The Hall–Kier alpha value is -4.64. The Kier molecular flexibility index (Phi) is 8.15. The van der Waals surface area contributed by atoms with Crippen molar-refractivity contribution in [1.82, 2.24) is 19.9 Å². The number of hydrogen-bond donors (Lipinski definition) is 4. The highest BCUT2D eigenvalue weighted by molar-refractivity contribution is 6.06. The lowest BCUT2D eigenvalue weighted by molar-refractivity contribution is -0.119. The minimum atomic E-state index is 0.0172. The number of aromatic nitrogens is 3. The highest BCUT2D eigenvalue weighted by Crippen LogP contribution is 2.36. The van der Waals surface area contributed by atoms with E-state index in [0.29, 0.717) is 36.7 Å². The van der Waals surface area contributed by atoms with E-state index in [9.17, 15) is 9.90 Å². The number of carbonyl (C=O) groups excluding carboxylic acids is 1. The van der Waals surface area contributed by atoms with Crippen LogP contribution in [0, 0.1) is 0 Å². The van der Waals surface area contributed by atoms with E-state index in [0.717, 1.165) is 65.9 Å². The maximum atomic E-state index is 11.5. The van der Waals surface area contributed by atoms with Gasteiger partial charge in [-0.25, -0.2) is 9.51 Å². The first-order valence-electron chi connectivity index (χ1n) is 14.9. The summed E-state index contributed by atoms with van der Waals surface area (Å²) in [5, 5.41) is 21.4. The first-order chi connectivity index (χ1) is 20.9. The van der Waals surface area contributed by atoms with E-state index in [4.69, 9.17) is 20.6 Å². The van der Waals surface area contributed by atoms with Crippen molar-refractivity contribution in [3.8, 4) is 16.9 Å². The average molecular weight is 583 g/mol. The van der Waals surface area contributed by atoms with E-state index in [1.54, 1.807) is 31.3 Å². The summed E-state index contributed by atoms with van der Waals surface area (Å²) in [5.41, 5.74) is 13.8. The van der Waals surface area contributed by atoms with Crippen molar-refractivity contribution in [2.45, 2.75) is 51.6 Å². The molecule has 6 rings (SSSR count). The number of nitrogens with one attached hydrogen (secondary N) is 2. The molecule has 1 unspecified atom stereocenters. The number of piperidine rings is 1. The second kappa shape index (κ2) is 12.3. The molecule has 43 heavy (non-hydrogen) atoms. The number of phenolic OH excluding ortho intramolecular Hbond substituents is 1. The number of nitrogens with zero attached hydrogens (tertiary/aromatic N) is 5. The molecule has 4 aromatic rings. The van der Waals surface area contributed by atoms with Crippen molar-refractivity contribution in [2.75, 3.05) is 36.5 Å². The van der Waals surface area contributed by atoms with Crippen LogP contribution in [-0.4, -0.2) is 69.8 Å². The van der Waals surface area contributed by atoms with Gasteiger partial charge in [-0.1, -0.05) is 6.92 Å². The molecule has 2 aliphatic heterocycles. The number of phenols is 1. The van der Waals surface area contributed by atoms with E-state index in [1.807, 2.05) is 30.0 Å². The van der Waals surface area contributed by atoms with E-state index in [1.165, 1.54) is 0 Å². The van der Waals surface area contributed by atoms with Crippen LogP contribution < -0.4 is 21.3 Å². The molecule has 0 saturated carbocycles. The van der Waals surface area contributed by atoms with Gasteiger partial charge in [0.05, 0.1) is 41.3 Å². The summed E-state index contributed by atoms with van der Waals surface area (Å²) in [6.07, 6.45) is 10.9. The monoisotopic (exact) mass is 582 g/mol. The van der Waals surface area contributed by atoms with Crippen LogP contribution >= 0.6 is 0 Å². The third-order valence-corrected chi connectivity index (χ3v) is 8.23. The Morgan fingerprint density at radius 2 is 2.00 bits per heavy atom. The maximum absolute atomic E-state index is 11.5. The number of ether oxygens (including phenoxy) is 1. The van der Waals surface area contributed by atoms with Crippen molar-refractivity contribution in [3.63, 3.8) is 0 Å². The molecular weight excluding hydrogens is 544 g/mol. The lowest BCUT2D eigenvalue weighted by atomic mass is 10.0. The van der Waals surface area contributed by atoms with Gasteiger partial charge in [0.2, 0.25) is 5.91 Å². The van der Waals surface area contributed by atoms with Gasteiger partial charge in [-0.3, -0.25) is 9.78 Å². The predicted molar refractivity (Wildman–Crippen MR) is 168 cm³/mol. The summed E-state index contributed by atoms with van der Waals surface area (Å²) in [5.74, 6) is 0.556. The second-order valence-corrected chi connectivity index (χ2v) is 11.2. The van der Waals surface area contributed by atoms with E-state index in [2.05, 4.69) is 32.7 Å². The Morgan fingerprint density at radius 3 is 2.74 bits per heavy atom. The van der Waals surface area contributed by atoms with Gasteiger partial charge in [0, 0.05) is 68.1 Å². The van der Waals surface area contributed by atoms with Crippen molar-refractivity contribution in [3.05, 3.63) is 66.2 Å². The minimum Gasteiger partial charge on any atom is -0.508 e. The van der Waals surface area contributed by atoms with Crippen molar-refractivity contribution < 1.29 is 14.6 Å². The number of anilines is 2. The smallest absolute Gasteiger partial charge is 0.217 e. The summed E-state index contributed by atoms with van der Waals surface area (Å²) in [4.78, 5) is 23.1. The number of aliphatic imine (C=N–C) groups is 1. The number of aryl methyl sites for hydroxylation is 1. The Labute approximate surface area is 250 Å². The fourth-order valence-corrected chi connectivity index (χ4v) is 5.99. The summed E-state index contributed by atoms with van der Waals surface area (Å²) in [6.45, 7) is 6.59. The molecule has 0 radical (unpaired) electrons. The van der Waals surface area contributed by atoms with Crippen LogP contribution in [0.4, 0.5) is 17.1 Å². The van der Waals surface area contributed by atoms with Gasteiger partial charge < -0.3 is 31.1 Å². The number of amidine groups is 1. The van der Waals surface area contributed by atoms with E-state index in [-0.39, 0.29) is 23.7 Å². The molecule has 3 aromatic heterocycles. The van der Waals surface area contributed by atoms with Crippen LogP contribution in [0.5, 0.6) is 5.75 Å². The Bertz CT molecular complexity index is 1650. The third kappa shape index (κ3) is 6.12. The largest absolute Gasteiger partial charge is 0.508 e. The molecule has 1 amide bonds. The normalized spacial score (nSPS) is 17.9. The van der Waals surface area contributed by atoms with Gasteiger partial charge in [-0.05, 0) is 61.6 Å². The lowest BCUT2D eigenvalue weighted by Crippen LogP contribution is -2.44. The Balaban J connectivity index is 1.38. The minimum absolute atomic E-state index is 0.0172. The molecular formula is C32H38N8O3. The summed E-state index contributed by atoms with van der Waals surface area (Å²) >= 11 is 0. The van der Waals surface area contributed by atoms with Crippen LogP contribution in [0.2, 0.25) is 0 Å². The number of carbonyl (C=O) groups is 1. The number of aromatic hydroxyl groups is 1. The molecule has 5 N–H and O–H groups in total. The Morgan fingerprint density at radius 1 is 1.16 bits per heavy atom. The number of benzene rings is 1. The quantitative estimate of drug-likeness (QED) is 0.180. The highest BCUT2D eigenvalue weighted by Gasteiger charge is 2.24. The molecule has 1 aromatic carbocycles. The summed E-state index contributed by atoms with van der Waals surface area (Å²) < 4.78 is 7.52. The molecule has 11 nitrogen and oxygen atoms in total. The second-order valence-electron chi connectivity index (χ2n) is 11.2. The third-order valence-electron chi connectivity index (χ3n) is 8.23. The number of rotatable bonds is 8. The van der Waals surface area contributed by atoms with Crippen LogP contribution in [0.1, 0.15) is 44.2 Å². The number of nitrogens with two attached hydrogens (primary N) is 1. The van der Waals surface area contributed by atoms with Gasteiger partial charge in [0.1, 0.15) is 11.6 Å². The number of amides is 1. The highest BCUT2D eigenvalue weighted by atomic mass is 16.5. The maximum Gasteiger partial charge on any atom is 0.217 e. The van der Waals surface area contributed by atoms with Crippen LogP contribution in [0.15, 0.2) is 60.1 Å². The lowest BCUT2D eigenvalue weighted by Gasteiger charge is -2.34. The molecule has 5 heterocycles.